The number of hydrogen-bond donors (Lipinski definition) is 1. The maximum atomic E-state index is 5.72. The SMILES string of the molecule is CC(C)COCC(C)(C)CNCc1ccccc1. The highest BCUT2D eigenvalue weighted by Gasteiger charge is 2.17. The molecule has 0 aliphatic heterocycles. The van der Waals surface area contributed by atoms with Crippen molar-refractivity contribution >= 4 is 0 Å². The molecular weight excluding hydrogens is 222 g/mol. The van der Waals surface area contributed by atoms with Crippen LogP contribution in [0.25, 0.3) is 0 Å². The molecule has 0 amide bonds. The first kappa shape index (κ1) is 15.2. The third kappa shape index (κ3) is 6.77. The molecule has 0 atom stereocenters. The van der Waals surface area contributed by atoms with E-state index < -0.39 is 0 Å². The fraction of sp³-hybridized carbons (Fsp3) is 0.625. The van der Waals surface area contributed by atoms with E-state index in [1.807, 2.05) is 6.07 Å². The van der Waals surface area contributed by atoms with Gasteiger partial charge in [-0.25, -0.2) is 0 Å². The van der Waals surface area contributed by atoms with E-state index in [1.165, 1.54) is 5.56 Å². The van der Waals surface area contributed by atoms with Crippen LogP contribution in [0.15, 0.2) is 30.3 Å². The summed E-state index contributed by atoms with van der Waals surface area (Å²) in [7, 11) is 0. The van der Waals surface area contributed by atoms with Crippen LogP contribution in [0.4, 0.5) is 0 Å². The first-order valence-corrected chi connectivity index (χ1v) is 6.82. The lowest BCUT2D eigenvalue weighted by Crippen LogP contribution is -2.33. The molecule has 18 heavy (non-hydrogen) atoms. The van der Waals surface area contributed by atoms with Crippen molar-refractivity contribution < 1.29 is 4.74 Å². The molecule has 0 radical (unpaired) electrons. The second kappa shape index (κ2) is 7.55. The van der Waals surface area contributed by atoms with Crippen molar-refractivity contribution in [1.82, 2.24) is 5.32 Å². The highest BCUT2D eigenvalue weighted by Crippen LogP contribution is 2.14. The average molecular weight is 249 g/mol. The Kier molecular flexibility index (Phi) is 6.37. The molecule has 1 aromatic rings. The third-order valence-electron chi connectivity index (χ3n) is 2.72. The summed E-state index contributed by atoms with van der Waals surface area (Å²) in [5, 5.41) is 3.50. The molecule has 0 spiro atoms. The fourth-order valence-corrected chi connectivity index (χ4v) is 1.76. The molecule has 102 valence electrons. The molecule has 2 heteroatoms. The van der Waals surface area contributed by atoms with Crippen molar-refractivity contribution in [1.29, 1.82) is 0 Å². The van der Waals surface area contributed by atoms with Crippen LogP contribution in [0.1, 0.15) is 33.3 Å². The summed E-state index contributed by atoms with van der Waals surface area (Å²) in [6.07, 6.45) is 0. The van der Waals surface area contributed by atoms with E-state index in [2.05, 4.69) is 57.3 Å². The number of ether oxygens (including phenoxy) is 1. The van der Waals surface area contributed by atoms with Crippen LogP contribution in [0.2, 0.25) is 0 Å². The van der Waals surface area contributed by atoms with E-state index in [0.717, 1.165) is 26.3 Å². The van der Waals surface area contributed by atoms with Gasteiger partial charge >= 0.3 is 0 Å². The molecule has 0 saturated carbocycles. The Morgan fingerprint density at radius 2 is 1.83 bits per heavy atom. The standard InChI is InChI=1S/C16H27NO/c1-14(2)11-18-13-16(3,4)12-17-10-15-8-6-5-7-9-15/h5-9,14,17H,10-13H2,1-4H3. The molecule has 1 rings (SSSR count). The van der Waals surface area contributed by atoms with E-state index in [0.29, 0.717) is 5.92 Å². The van der Waals surface area contributed by atoms with Gasteiger partial charge in [0.2, 0.25) is 0 Å². The van der Waals surface area contributed by atoms with Gasteiger partial charge in [-0.3, -0.25) is 0 Å². The summed E-state index contributed by atoms with van der Waals surface area (Å²) >= 11 is 0. The molecule has 0 saturated heterocycles. The minimum atomic E-state index is 0.184. The van der Waals surface area contributed by atoms with Crippen molar-refractivity contribution in [3.05, 3.63) is 35.9 Å². The summed E-state index contributed by atoms with van der Waals surface area (Å²) in [6, 6.07) is 10.5. The van der Waals surface area contributed by atoms with Crippen LogP contribution in [-0.4, -0.2) is 19.8 Å². The fourth-order valence-electron chi connectivity index (χ4n) is 1.76. The lowest BCUT2D eigenvalue weighted by Gasteiger charge is -2.25. The second-order valence-electron chi connectivity index (χ2n) is 6.16. The first-order valence-electron chi connectivity index (χ1n) is 6.82. The van der Waals surface area contributed by atoms with E-state index in [-0.39, 0.29) is 5.41 Å². The first-order chi connectivity index (χ1) is 8.49. The summed E-state index contributed by atoms with van der Waals surface area (Å²) in [6.45, 7) is 12.4. The van der Waals surface area contributed by atoms with Crippen molar-refractivity contribution in [3.8, 4) is 0 Å². The Labute approximate surface area is 112 Å². The quantitative estimate of drug-likeness (QED) is 0.761. The Bertz CT molecular complexity index is 319. The minimum absolute atomic E-state index is 0.184. The zero-order chi connectivity index (χ0) is 13.4. The molecule has 1 aromatic carbocycles. The van der Waals surface area contributed by atoms with E-state index in [9.17, 15) is 0 Å². The Hall–Kier alpha value is -0.860. The van der Waals surface area contributed by atoms with E-state index in [4.69, 9.17) is 4.74 Å². The predicted molar refractivity (Wildman–Crippen MR) is 77.6 cm³/mol. The summed E-state index contributed by atoms with van der Waals surface area (Å²) < 4.78 is 5.72. The van der Waals surface area contributed by atoms with Crippen LogP contribution in [-0.2, 0) is 11.3 Å². The zero-order valence-corrected chi connectivity index (χ0v) is 12.2. The molecular formula is C16H27NO. The smallest absolute Gasteiger partial charge is 0.0529 e. The van der Waals surface area contributed by atoms with Crippen molar-refractivity contribution in [3.63, 3.8) is 0 Å². The van der Waals surface area contributed by atoms with Gasteiger partial charge in [0, 0.05) is 25.1 Å². The zero-order valence-electron chi connectivity index (χ0n) is 12.2. The monoisotopic (exact) mass is 249 g/mol. The van der Waals surface area contributed by atoms with E-state index in [1.54, 1.807) is 0 Å². The van der Waals surface area contributed by atoms with Crippen LogP contribution in [0, 0.1) is 11.3 Å². The van der Waals surface area contributed by atoms with Crippen molar-refractivity contribution in [2.45, 2.75) is 34.2 Å². The van der Waals surface area contributed by atoms with Crippen molar-refractivity contribution in [2.75, 3.05) is 19.8 Å². The topological polar surface area (TPSA) is 21.3 Å². The molecule has 0 heterocycles. The van der Waals surface area contributed by atoms with Crippen LogP contribution in [0.5, 0.6) is 0 Å². The molecule has 0 fully saturated rings. The molecule has 2 nitrogen and oxygen atoms in total. The molecule has 0 aliphatic rings. The lowest BCUT2D eigenvalue weighted by molar-refractivity contribution is 0.0465. The summed E-state index contributed by atoms with van der Waals surface area (Å²) in [4.78, 5) is 0. The van der Waals surface area contributed by atoms with Crippen molar-refractivity contribution in [2.24, 2.45) is 11.3 Å². The van der Waals surface area contributed by atoms with Gasteiger partial charge in [-0.2, -0.15) is 0 Å². The average Bonchev–Trinajstić information content (AvgIpc) is 2.29. The normalized spacial score (nSPS) is 12.1. The number of hydrogen-bond acceptors (Lipinski definition) is 2. The van der Waals surface area contributed by atoms with Gasteiger partial charge in [-0.15, -0.1) is 0 Å². The van der Waals surface area contributed by atoms with E-state index >= 15 is 0 Å². The molecule has 1 N–H and O–H groups in total. The maximum Gasteiger partial charge on any atom is 0.0529 e. The van der Waals surface area contributed by atoms with Gasteiger partial charge < -0.3 is 10.1 Å². The molecule has 0 unspecified atom stereocenters. The largest absolute Gasteiger partial charge is 0.381 e. The van der Waals surface area contributed by atoms with Crippen LogP contribution < -0.4 is 5.32 Å². The number of benzene rings is 1. The van der Waals surface area contributed by atoms with Crippen LogP contribution in [0.3, 0.4) is 0 Å². The summed E-state index contributed by atoms with van der Waals surface area (Å²) in [5.74, 6) is 0.609. The Balaban J connectivity index is 2.20. The van der Waals surface area contributed by atoms with Gasteiger partial charge in [0.05, 0.1) is 6.61 Å². The second-order valence-corrected chi connectivity index (χ2v) is 6.16. The highest BCUT2D eigenvalue weighted by molar-refractivity contribution is 5.14. The highest BCUT2D eigenvalue weighted by atomic mass is 16.5. The number of rotatable bonds is 8. The van der Waals surface area contributed by atoms with Gasteiger partial charge in [-0.05, 0) is 11.5 Å². The van der Waals surface area contributed by atoms with Crippen LogP contribution >= 0.6 is 0 Å². The maximum absolute atomic E-state index is 5.72. The van der Waals surface area contributed by atoms with Gasteiger partial charge in [0.1, 0.15) is 0 Å². The molecule has 0 bridgehead atoms. The third-order valence-corrected chi connectivity index (χ3v) is 2.72. The summed E-state index contributed by atoms with van der Waals surface area (Å²) in [5.41, 5.74) is 1.51. The molecule has 0 aromatic heterocycles. The Morgan fingerprint density at radius 1 is 1.17 bits per heavy atom. The lowest BCUT2D eigenvalue weighted by atomic mass is 9.94. The molecule has 0 aliphatic carbocycles. The Morgan fingerprint density at radius 3 is 2.44 bits per heavy atom. The van der Waals surface area contributed by atoms with Gasteiger partial charge in [0.25, 0.3) is 0 Å². The van der Waals surface area contributed by atoms with Gasteiger partial charge in [-0.1, -0.05) is 58.0 Å². The predicted octanol–water partition coefficient (Wildman–Crippen LogP) is 3.48. The number of nitrogens with one attached hydrogen (secondary N) is 1. The minimum Gasteiger partial charge on any atom is -0.381 e. The van der Waals surface area contributed by atoms with Gasteiger partial charge in [0.15, 0.2) is 0 Å².